The van der Waals surface area contributed by atoms with Gasteiger partial charge in [-0.3, -0.25) is 4.79 Å². The number of ketones is 1. The minimum absolute atomic E-state index is 0. The molecule has 1 fully saturated rings. The quantitative estimate of drug-likeness (QED) is 0.473. The van der Waals surface area contributed by atoms with E-state index in [0.29, 0.717) is 5.78 Å². The molecule has 5 N–H and O–H groups in total. The van der Waals surface area contributed by atoms with Crippen molar-refractivity contribution in [2.75, 3.05) is 0 Å². The molecule has 0 unspecified atom stereocenters. The van der Waals surface area contributed by atoms with Gasteiger partial charge >= 0.3 is 0 Å². The normalized spacial score (nSPS) is 15.7. The van der Waals surface area contributed by atoms with E-state index in [1.54, 1.807) is 0 Å². The van der Waals surface area contributed by atoms with Crippen LogP contribution in [-0.4, -0.2) is 11.3 Å². The summed E-state index contributed by atoms with van der Waals surface area (Å²) >= 11 is 0. The average Bonchev–Trinajstić information content (AvgIpc) is 1.30. The Balaban J connectivity index is 0. The summed E-state index contributed by atoms with van der Waals surface area (Å²) in [7, 11) is 0. The van der Waals surface area contributed by atoms with Crippen LogP contribution in [0.1, 0.15) is 19.3 Å². The second kappa shape index (κ2) is 3.77. The van der Waals surface area contributed by atoms with Gasteiger partial charge in [-0.25, -0.2) is 0 Å². The molecule has 0 aromatic rings. The topological polar surface area (TPSA) is 83.6 Å². The highest BCUT2D eigenvalue weighted by Crippen LogP contribution is 2.10. The van der Waals surface area contributed by atoms with Gasteiger partial charge in [0.05, 0.1) is 0 Å². The van der Waals surface area contributed by atoms with Crippen LogP contribution in [0.25, 0.3) is 0 Å². The minimum atomic E-state index is 0. The van der Waals surface area contributed by atoms with E-state index >= 15 is 0 Å². The lowest BCUT2D eigenvalue weighted by Crippen LogP contribution is -2.07. The average molecular weight is 105 g/mol. The first-order valence-corrected chi connectivity index (χ1v) is 1.91. The van der Waals surface area contributed by atoms with Crippen molar-refractivity contribution in [3.63, 3.8) is 0 Å². The van der Waals surface area contributed by atoms with E-state index in [9.17, 15) is 4.79 Å². The third-order valence-electron chi connectivity index (χ3n) is 0.911. The summed E-state index contributed by atoms with van der Waals surface area (Å²) in [6.07, 6.45) is 2.83. The molecule has 1 aliphatic carbocycles. The Morgan fingerprint density at radius 2 is 1.57 bits per heavy atom. The van der Waals surface area contributed by atoms with Crippen molar-refractivity contribution in [3.8, 4) is 0 Å². The van der Waals surface area contributed by atoms with Crippen molar-refractivity contribution in [2.24, 2.45) is 0 Å². The Bertz CT molecular complexity index is 56.7. The summed E-state index contributed by atoms with van der Waals surface area (Å²) in [5, 5.41) is 0. The van der Waals surface area contributed by atoms with Crippen LogP contribution in [0.3, 0.4) is 0 Å². The van der Waals surface area contributed by atoms with Gasteiger partial charge in [-0.05, 0) is 6.42 Å². The molecule has 1 rings (SSSR count). The summed E-state index contributed by atoms with van der Waals surface area (Å²) in [6, 6.07) is 0. The number of Topliss-reactive ketones (excluding diaryl/α,β-unsaturated/α-hetero) is 1. The number of rotatable bonds is 0. The Kier molecular flexibility index (Phi) is 5.26. The molecular formula is C4H11NO2. The van der Waals surface area contributed by atoms with Crippen molar-refractivity contribution < 1.29 is 10.3 Å². The van der Waals surface area contributed by atoms with E-state index in [1.165, 1.54) is 0 Å². The van der Waals surface area contributed by atoms with Crippen molar-refractivity contribution in [1.82, 2.24) is 6.15 Å². The SMILES string of the molecule is N.O.O=C1CCC1. The fraction of sp³-hybridized carbons (Fsp3) is 0.750. The smallest absolute Gasteiger partial charge is 0.132 e. The fourth-order valence-electron chi connectivity index (χ4n) is 0.321. The van der Waals surface area contributed by atoms with Gasteiger partial charge in [0.1, 0.15) is 5.78 Å². The zero-order valence-electron chi connectivity index (χ0n) is 4.24. The predicted octanol–water partition coefficient (Wildman–Crippen LogP) is 0.0767. The maximum Gasteiger partial charge on any atom is 0.132 e. The maximum atomic E-state index is 9.90. The maximum absolute atomic E-state index is 9.90. The lowest BCUT2D eigenvalue weighted by molar-refractivity contribution is -0.123. The van der Waals surface area contributed by atoms with E-state index in [-0.39, 0.29) is 11.6 Å². The van der Waals surface area contributed by atoms with Gasteiger partial charge in [0, 0.05) is 12.8 Å². The van der Waals surface area contributed by atoms with Crippen LogP contribution in [0.5, 0.6) is 0 Å². The Labute approximate surface area is 42.6 Å². The van der Waals surface area contributed by atoms with E-state index in [1.807, 2.05) is 0 Å². The number of carbonyl (C=O) groups excluding carboxylic acids is 1. The largest absolute Gasteiger partial charge is 0.412 e. The molecular weight excluding hydrogens is 94.0 g/mol. The third-order valence-corrected chi connectivity index (χ3v) is 0.911. The van der Waals surface area contributed by atoms with Crippen LogP contribution < -0.4 is 6.15 Å². The zero-order valence-corrected chi connectivity index (χ0v) is 4.24. The highest BCUT2D eigenvalue weighted by molar-refractivity contribution is 5.83. The molecule has 0 heterocycles. The zero-order chi connectivity index (χ0) is 3.70. The molecule has 0 atom stereocenters. The van der Waals surface area contributed by atoms with E-state index in [2.05, 4.69) is 0 Å². The Morgan fingerprint density at radius 3 is 1.57 bits per heavy atom. The van der Waals surface area contributed by atoms with Crippen molar-refractivity contribution in [2.45, 2.75) is 19.3 Å². The summed E-state index contributed by atoms with van der Waals surface area (Å²) in [6.45, 7) is 0. The van der Waals surface area contributed by atoms with Crippen molar-refractivity contribution in [3.05, 3.63) is 0 Å². The lowest BCUT2D eigenvalue weighted by atomic mass is 9.99. The first kappa shape index (κ1) is 9.77. The van der Waals surface area contributed by atoms with Crippen LogP contribution in [0.15, 0.2) is 0 Å². The van der Waals surface area contributed by atoms with Crippen molar-refractivity contribution >= 4 is 5.78 Å². The lowest BCUT2D eigenvalue weighted by Gasteiger charge is -2.05. The van der Waals surface area contributed by atoms with Crippen LogP contribution in [-0.2, 0) is 4.79 Å². The molecule has 3 heteroatoms. The first-order valence-electron chi connectivity index (χ1n) is 1.91. The molecule has 0 bridgehead atoms. The second-order valence-corrected chi connectivity index (χ2v) is 1.39. The highest BCUT2D eigenvalue weighted by atomic mass is 16.1. The molecule has 7 heavy (non-hydrogen) atoms. The molecule has 0 aromatic carbocycles. The van der Waals surface area contributed by atoms with Gasteiger partial charge in [0.15, 0.2) is 0 Å². The molecule has 0 radical (unpaired) electrons. The Morgan fingerprint density at radius 1 is 1.29 bits per heavy atom. The van der Waals surface area contributed by atoms with Gasteiger partial charge in [0.2, 0.25) is 0 Å². The van der Waals surface area contributed by atoms with Gasteiger partial charge in [0.25, 0.3) is 0 Å². The van der Waals surface area contributed by atoms with E-state index in [0.717, 1.165) is 19.3 Å². The van der Waals surface area contributed by atoms with Crippen LogP contribution in [0.4, 0.5) is 0 Å². The molecule has 1 saturated carbocycles. The van der Waals surface area contributed by atoms with Gasteiger partial charge in [-0.15, -0.1) is 0 Å². The number of hydrogen-bond donors (Lipinski definition) is 1. The molecule has 3 nitrogen and oxygen atoms in total. The third kappa shape index (κ3) is 2.31. The molecule has 44 valence electrons. The summed E-state index contributed by atoms with van der Waals surface area (Å²) in [4.78, 5) is 9.90. The number of hydrogen-bond acceptors (Lipinski definition) is 2. The van der Waals surface area contributed by atoms with Gasteiger partial charge in [-0.1, -0.05) is 0 Å². The monoisotopic (exact) mass is 105 g/mol. The second-order valence-electron chi connectivity index (χ2n) is 1.39. The molecule has 1 aliphatic rings. The summed E-state index contributed by atoms with van der Waals surface area (Å²) in [5.41, 5.74) is 0. The molecule has 0 amide bonds. The summed E-state index contributed by atoms with van der Waals surface area (Å²) in [5.74, 6) is 0.435. The first-order chi connectivity index (χ1) is 2.39. The van der Waals surface area contributed by atoms with Crippen molar-refractivity contribution in [1.29, 1.82) is 0 Å². The molecule has 0 saturated heterocycles. The minimum Gasteiger partial charge on any atom is -0.412 e. The predicted molar refractivity (Wildman–Crippen MR) is 27.5 cm³/mol. The van der Waals surface area contributed by atoms with E-state index in [4.69, 9.17) is 0 Å². The van der Waals surface area contributed by atoms with Crippen LogP contribution in [0, 0.1) is 0 Å². The van der Waals surface area contributed by atoms with E-state index < -0.39 is 0 Å². The van der Waals surface area contributed by atoms with Gasteiger partial charge in [-0.2, -0.15) is 0 Å². The number of carbonyl (C=O) groups is 1. The standard InChI is InChI=1S/C4H6O.H3N.H2O/c5-4-2-1-3-4;;/h1-3H2;1H3;1H2. The van der Waals surface area contributed by atoms with Crippen LogP contribution in [0.2, 0.25) is 0 Å². The fourth-order valence-corrected chi connectivity index (χ4v) is 0.321. The van der Waals surface area contributed by atoms with Gasteiger partial charge < -0.3 is 11.6 Å². The molecule has 0 spiro atoms. The summed E-state index contributed by atoms with van der Waals surface area (Å²) < 4.78 is 0. The van der Waals surface area contributed by atoms with Crippen LogP contribution >= 0.6 is 0 Å². The molecule has 0 aliphatic heterocycles. The highest BCUT2D eigenvalue weighted by Gasteiger charge is 2.09. The Hall–Kier alpha value is -0.410. The molecule has 0 aromatic heterocycles.